The van der Waals surface area contributed by atoms with Gasteiger partial charge in [0.2, 0.25) is 0 Å². The van der Waals surface area contributed by atoms with Gasteiger partial charge in [-0.3, -0.25) is 4.72 Å². The Labute approximate surface area is 134 Å². The summed E-state index contributed by atoms with van der Waals surface area (Å²) in [6.45, 7) is 1.78. The van der Waals surface area contributed by atoms with Gasteiger partial charge in [-0.05, 0) is 30.7 Å². The van der Waals surface area contributed by atoms with E-state index in [0.717, 1.165) is 0 Å². The van der Waals surface area contributed by atoms with Gasteiger partial charge in [0.05, 0.1) is 12.8 Å². The molecular formula is C15H16N2O5S. The molecule has 122 valence electrons. The van der Waals surface area contributed by atoms with Crippen LogP contribution in [0.15, 0.2) is 41.6 Å². The maximum atomic E-state index is 12.4. The number of methoxy groups -OCH3 is 1. The Bertz CT molecular complexity index is 819. The zero-order valence-corrected chi connectivity index (χ0v) is 13.4. The predicted molar refractivity (Wildman–Crippen MR) is 84.4 cm³/mol. The third-order valence-corrected chi connectivity index (χ3v) is 4.49. The maximum absolute atomic E-state index is 12.4. The lowest BCUT2D eigenvalue weighted by Crippen LogP contribution is -2.16. The van der Waals surface area contributed by atoms with Crippen molar-refractivity contribution in [3.05, 3.63) is 47.7 Å². The molecule has 0 aliphatic heterocycles. The minimum atomic E-state index is -3.87. The Morgan fingerprint density at radius 3 is 2.57 bits per heavy atom. The topological polar surface area (TPSA) is 106 Å². The highest BCUT2D eigenvalue weighted by Crippen LogP contribution is 2.32. The molecule has 0 saturated heterocycles. The number of carbonyl (C=O) groups is 1. The highest BCUT2D eigenvalue weighted by Gasteiger charge is 2.22. The summed E-state index contributed by atoms with van der Waals surface area (Å²) in [6, 6.07) is 7.26. The normalized spacial score (nSPS) is 11.0. The summed E-state index contributed by atoms with van der Waals surface area (Å²) >= 11 is 0. The fraction of sp³-hybridized carbons (Fsp3) is 0.200. The van der Waals surface area contributed by atoms with Crippen LogP contribution in [0.1, 0.15) is 22.8 Å². The van der Waals surface area contributed by atoms with E-state index in [2.05, 4.69) is 9.71 Å². The van der Waals surface area contributed by atoms with Crippen molar-refractivity contribution in [1.29, 1.82) is 0 Å². The Morgan fingerprint density at radius 2 is 2.04 bits per heavy atom. The van der Waals surface area contributed by atoms with E-state index in [4.69, 9.17) is 4.74 Å². The molecule has 0 unspecified atom stereocenters. The number of pyridine rings is 1. The molecule has 2 N–H and O–H groups in total. The van der Waals surface area contributed by atoms with Crippen molar-refractivity contribution in [2.45, 2.75) is 18.4 Å². The first kappa shape index (κ1) is 16.8. The molecule has 1 heterocycles. The summed E-state index contributed by atoms with van der Waals surface area (Å²) < 4.78 is 32.3. The van der Waals surface area contributed by atoms with E-state index in [1.54, 1.807) is 19.1 Å². The summed E-state index contributed by atoms with van der Waals surface area (Å²) in [5.41, 5.74) is 0.706. The molecule has 0 amide bonds. The standard InChI is InChI=1S/C15H16N2O5S/c1-3-10-12(8-7-11(15(18)19)14(10)22-2)17-23(20,21)13-6-4-5-9-16-13/h4-9,17H,3H2,1-2H3,(H,18,19). The number of hydrogen-bond acceptors (Lipinski definition) is 5. The van der Waals surface area contributed by atoms with Gasteiger partial charge in [0.25, 0.3) is 10.0 Å². The number of nitrogens with one attached hydrogen (secondary N) is 1. The number of hydrogen-bond donors (Lipinski definition) is 2. The Morgan fingerprint density at radius 1 is 1.30 bits per heavy atom. The molecule has 0 saturated carbocycles. The van der Waals surface area contributed by atoms with Crippen molar-refractivity contribution < 1.29 is 23.1 Å². The van der Waals surface area contributed by atoms with Crippen LogP contribution < -0.4 is 9.46 Å². The molecule has 2 aromatic rings. The van der Waals surface area contributed by atoms with Gasteiger partial charge in [-0.2, -0.15) is 8.42 Å². The van der Waals surface area contributed by atoms with Gasteiger partial charge in [-0.15, -0.1) is 0 Å². The third kappa shape index (κ3) is 3.42. The van der Waals surface area contributed by atoms with Crippen molar-refractivity contribution in [3.63, 3.8) is 0 Å². The zero-order valence-electron chi connectivity index (χ0n) is 12.6. The smallest absolute Gasteiger partial charge is 0.339 e. The van der Waals surface area contributed by atoms with Gasteiger partial charge in [-0.1, -0.05) is 13.0 Å². The van der Waals surface area contributed by atoms with E-state index in [9.17, 15) is 18.3 Å². The minimum absolute atomic E-state index is 0.0230. The first-order valence-corrected chi connectivity index (χ1v) is 8.26. The number of ether oxygens (including phenoxy) is 1. The monoisotopic (exact) mass is 336 g/mol. The number of benzene rings is 1. The van der Waals surface area contributed by atoms with Crippen molar-refractivity contribution in [2.24, 2.45) is 0 Å². The number of sulfonamides is 1. The van der Waals surface area contributed by atoms with Crippen LogP contribution in [0.2, 0.25) is 0 Å². The van der Waals surface area contributed by atoms with Crippen LogP contribution in [-0.4, -0.2) is 31.6 Å². The largest absolute Gasteiger partial charge is 0.495 e. The fourth-order valence-electron chi connectivity index (χ4n) is 2.18. The van der Waals surface area contributed by atoms with Crippen LogP contribution >= 0.6 is 0 Å². The molecular weight excluding hydrogens is 320 g/mol. The van der Waals surface area contributed by atoms with Crippen molar-refractivity contribution >= 4 is 21.7 Å². The van der Waals surface area contributed by atoms with Gasteiger partial charge in [-0.25, -0.2) is 9.78 Å². The minimum Gasteiger partial charge on any atom is -0.495 e. The van der Waals surface area contributed by atoms with E-state index in [-0.39, 0.29) is 22.0 Å². The van der Waals surface area contributed by atoms with Crippen molar-refractivity contribution in [2.75, 3.05) is 11.8 Å². The first-order chi connectivity index (χ1) is 10.9. The molecule has 0 spiro atoms. The average Bonchev–Trinajstić information content (AvgIpc) is 2.54. The Hall–Kier alpha value is -2.61. The summed E-state index contributed by atoms with van der Waals surface area (Å²) in [5, 5.41) is 9.07. The quantitative estimate of drug-likeness (QED) is 0.837. The summed E-state index contributed by atoms with van der Waals surface area (Å²) in [6.07, 6.45) is 1.77. The maximum Gasteiger partial charge on any atom is 0.339 e. The highest BCUT2D eigenvalue weighted by molar-refractivity contribution is 7.92. The van der Waals surface area contributed by atoms with Crippen LogP contribution in [0.4, 0.5) is 5.69 Å². The van der Waals surface area contributed by atoms with Crippen LogP contribution in [-0.2, 0) is 16.4 Å². The predicted octanol–water partition coefficient (Wildman–Crippen LogP) is 2.15. The molecule has 0 bridgehead atoms. The van der Waals surface area contributed by atoms with E-state index in [1.165, 1.54) is 31.5 Å². The molecule has 0 atom stereocenters. The number of carboxylic acid groups (broad SMARTS) is 1. The molecule has 23 heavy (non-hydrogen) atoms. The lowest BCUT2D eigenvalue weighted by Gasteiger charge is -2.16. The zero-order chi connectivity index (χ0) is 17.0. The number of rotatable bonds is 6. The van der Waals surface area contributed by atoms with Crippen LogP contribution in [0.25, 0.3) is 0 Å². The van der Waals surface area contributed by atoms with E-state index in [1.807, 2.05) is 0 Å². The summed E-state index contributed by atoms with van der Waals surface area (Å²) in [5.74, 6) is -1.00. The number of nitrogens with zero attached hydrogens (tertiary/aromatic N) is 1. The SMILES string of the molecule is CCc1c(NS(=O)(=O)c2ccccn2)ccc(C(=O)O)c1OC. The second kappa shape index (κ2) is 6.66. The van der Waals surface area contributed by atoms with E-state index < -0.39 is 16.0 Å². The average molecular weight is 336 g/mol. The Kier molecular flexibility index (Phi) is 4.85. The van der Waals surface area contributed by atoms with E-state index >= 15 is 0 Å². The molecule has 2 rings (SSSR count). The fourth-order valence-corrected chi connectivity index (χ4v) is 3.22. The molecule has 8 heteroatoms. The van der Waals surface area contributed by atoms with Gasteiger partial charge < -0.3 is 9.84 Å². The molecule has 0 fully saturated rings. The molecule has 1 aromatic heterocycles. The number of aromatic nitrogens is 1. The second-order valence-electron chi connectivity index (χ2n) is 4.60. The lowest BCUT2D eigenvalue weighted by atomic mass is 10.0. The van der Waals surface area contributed by atoms with Crippen molar-refractivity contribution in [3.8, 4) is 5.75 Å². The first-order valence-electron chi connectivity index (χ1n) is 6.77. The van der Waals surface area contributed by atoms with Gasteiger partial charge in [0, 0.05) is 11.8 Å². The molecule has 7 nitrogen and oxygen atoms in total. The third-order valence-electron chi connectivity index (χ3n) is 3.21. The van der Waals surface area contributed by atoms with Crippen LogP contribution in [0.3, 0.4) is 0 Å². The van der Waals surface area contributed by atoms with Gasteiger partial charge in [0.15, 0.2) is 5.03 Å². The summed E-state index contributed by atoms with van der Waals surface area (Å²) in [4.78, 5) is 15.1. The van der Waals surface area contributed by atoms with Gasteiger partial charge >= 0.3 is 5.97 Å². The molecule has 0 aliphatic rings. The van der Waals surface area contributed by atoms with Crippen LogP contribution in [0.5, 0.6) is 5.75 Å². The van der Waals surface area contributed by atoms with Crippen LogP contribution in [0, 0.1) is 0 Å². The number of anilines is 1. The molecule has 0 radical (unpaired) electrons. The second-order valence-corrected chi connectivity index (χ2v) is 6.23. The number of aromatic carboxylic acids is 1. The van der Waals surface area contributed by atoms with E-state index in [0.29, 0.717) is 12.0 Å². The highest BCUT2D eigenvalue weighted by atomic mass is 32.2. The van der Waals surface area contributed by atoms with Gasteiger partial charge in [0.1, 0.15) is 11.3 Å². The molecule has 1 aromatic carbocycles. The Balaban J connectivity index is 2.51. The van der Waals surface area contributed by atoms with Crippen molar-refractivity contribution in [1.82, 2.24) is 4.98 Å². The number of carboxylic acids is 1. The summed E-state index contributed by atoms with van der Waals surface area (Å²) in [7, 11) is -2.52. The molecule has 0 aliphatic carbocycles. The lowest BCUT2D eigenvalue weighted by molar-refractivity contribution is 0.0693.